The summed E-state index contributed by atoms with van der Waals surface area (Å²) >= 11 is 0. The Morgan fingerprint density at radius 1 is 1.46 bits per heavy atom. The Hall–Kier alpha value is -1.26. The molecular weight excluding hydrogens is 170 g/mol. The summed E-state index contributed by atoms with van der Waals surface area (Å²) in [5, 5.41) is 7.59. The molecule has 0 aliphatic heterocycles. The van der Waals surface area contributed by atoms with Crippen LogP contribution in [0.1, 0.15) is 13.3 Å². The zero-order chi connectivity index (χ0) is 9.84. The molecule has 0 spiro atoms. The highest BCUT2D eigenvalue weighted by atomic mass is 16.2. The van der Waals surface area contributed by atoms with Gasteiger partial charge in [0.05, 0.1) is 6.54 Å². The van der Waals surface area contributed by atoms with E-state index in [4.69, 9.17) is 0 Å². The smallest absolute Gasteiger partial charge is 0.314 e. The van der Waals surface area contributed by atoms with E-state index in [1.54, 1.807) is 0 Å². The van der Waals surface area contributed by atoms with Gasteiger partial charge in [-0.05, 0) is 12.3 Å². The van der Waals surface area contributed by atoms with Crippen molar-refractivity contribution in [2.75, 3.05) is 13.6 Å². The fourth-order valence-electron chi connectivity index (χ4n) is 1.03. The van der Waals surface area contributed by atoms with E-state index in [1.807, 2.05) is 0 Å². The van der Waals surface area contributed by atoms with E-state index >= 15 is 0 Å². The molecule has 74 valence electrons. The van der Waals surface area contributed by atoms with Crippen molar-refractivity contribution in [3.63, 3.8) is 0 Å². The van der Waals surface area contributed by atoms with Crippen LogP contribution in [0.2, 0.25) is 0 Å². The SMILES string of the molecule is CNC(=O)NCC(=O)NC1CC1C. The van der Waals surface area contributed by atoms with Crippen molar-refractivity contribution >= 4 is 11.9 Å². The van der Waals surface area contributed by atoms with E-state index < -0.39 is 0 Å². The molecule has 1 aliphatic rings. The summed E-state index contributed by atoms with van der Waals surface area (Å²) < 4.78 is 0. The zero-order valence-electron chi connectivity index (χ0n) is 7.89. The molecule has 1 saturated carbocycles. The normalized spacial score (nSPS) is 24.8. The van der Waals surface area contributed by atoms with Crippen LogP contribution in [0.5, 0.6) is 0 Å². The minimum Gasteiger partial charge on any atom is -0.352 e. The molecule has 2 unspecified atom stereocenters. The molecular formula is C8H15N3O2. The summed E-state index contributed by atoms with van der Waals surface area (Å²) in [5.41, 5.74) is 0. The van der Waals surface area contributed by atoms with Gasteiger partial charge in [-0.3, -0.25) is 4.79 Å². The van der Waals surface area contributed by atoms with E-state index in [-0.39, 0.29) is 18.5 Å². The van der Waals surface area contributed by atoms with Crippen molar-refractivity contribution in [2.24, 2.45) is 5.92 Å². The zero-order valence-corrected chi connectivity index (χ0v) is 7.89. The van der Waals surface area contributed by atoms with Crippen LogP contribution in [-0.2, 0) is 4.79 Å². The summed E-state index contributed by atoms with van der Waals surface area (Å²) in [7, 11) is 1.51. The molecule has 13 heavy (non-hydrogen) atoms. The molecule has 1 aliphatic carbocycles. The number of hydrogen-bond acceptors (Lipinski definition) is 2. The van der Waals surface area contributed by atoms with Gasteiger partial charge in [-0.1, -0.05) is 6.92 Å². The number of urea groups is 1. The first-order valence-corrected chi connectivity index (χ1v) is 4.38. The highest BCUT2D eigenvalue weighted by Crippen LogP contribution is 2.28. The van der Waals surface area contributed by atoms with Gasteiger partial charge in [0.15, 0.2) is 0 Å². The molecule has 1 fully saturated rings. The fourth-order valence-corrected chi connectivity index (χ4v) is 1.03. The Kier molecular flexibility index (Phi) is 3.11. The lowest BCUT2D eigenvalue weighted by Crippen LogP contribution is -2.41. The monoisotopic (exact) mass is 185 g/mol. The Morgan fingerprint density at radius 3 is 2.54 bits per heavy atom. The second kappa shape index (κ2) is 4.11. The third-order valence-corrected chi connectivity index (χ3v) is 2.09. The fraction of sp³-hybridized carbons (Fsp3) is 0.750. The van der Waals surface area contributed by atoms with E-state index in [1.165, 1.54) is 7.05 Å². The van der Waals surface area contributed by atoms with E-state index in [0.717, 1.165) is 6.42 Å². The number of amides is 3. The molecule has 5 heteroatoms. The van der Waals surface area contributed by atoms with Crippen LogP contribution in [0.4, 0.5) is 4.79 Å². The summed E-state index contributed by atoms with van der Waals surface area (Å²) in [4.78, 5) is 21.8. The Labute approximate surface area is 77.3 Å². The lowest BCUT2D eigenvalue weighted by molar-refractivity contribution is -0.120. The van der Waals surface area contributed by atoms with Gasteiger partial charge in [-0.15, -0.1) is 0 Å². The predicted molar refractivity (Wildman–Crippen MR) is 48.2 cm³/mol. The lowest BCUT2D eigenvalue weighted by atomic mass is 10.4. The van der Waals surface area contributed by atoms with Crippen molar-refractivity contribution in [1.29, 1.82) is 0 Å². The van der Waals surface area contributed by atoms with Crippen LogP contribution in [-0.4, -0.2) is 31.6 Å². The maximum Gasteiger partial charge on any atom is 0.314 e. The third-order valence-electron chi connectivity index (χ3n) is 2.09. The van der Waals surface area contributed by atoms with E-state index in [9.17, 15) is 9.59 Å². The van der Waals surface area contributed by atoms with Crippen molar-refractivity contribution < 1.29 is 9.59 Å². The van der Waals surface area contributed by atoms with Crippen LogP contribution in [0.25, 0.3) is 0 Å². The lowest BCUT2D eigenvalue weighted by Gasteiger charge is -2.04. The van der Waals surface area contributed by atoms with Crippen LogP contribution in [0, 0.1) is 5.92 Å². The van der Waals surface area contributed by atoms with Gasteiger partial charge in [0.1, 0.15) is 0 Å². The van der Waals surface area contributed by atoms with Crippen LogP contribution in [0.15, 0.2) is 0 Å². The summed E-state index contributed by atoms with van der Waals surface area (Å²) in [5.74, 6) is 0.460. The standard InChI is InChI=1S/C8H15N3O2/c1-5-3-6(5)11-7(12)4-10-8(13)9-2/h5-6H,3-4H2,1-2H3,(H,11,12)(H2,9,10,13). The number of nitrogens with one attached hydrogen (secondary N) is 3. The largest absolute Gasteiger partial charge is 0.352 e. The number of rotatable bonds is 3. The Bertz CT molecular complexity index is 217. The van der Waals surface area contributed by atoms with Gasteiger partial charge in [-0.25, -0.2) is 4.79 Å². The third kappa shape index (κ3) is 3.31. The average molecular weight is 185 g/mol. The van der Waals surface area contributed by atoms with Gasteiger partial charge >= 0.3 is 6.03 Å². The molecule has 3 amide bonds. The second-order valence-electron chi connectivity index (χ2n) is 3.32. The topological polar surface area (TPSA) is 70.2 Å². The molecule has 1 rings (SSSR count). The summed E-state index contributed by atoms with van der Waals surface area (Å²) in [6.07, 6.45) is 1.05. The molecule has 0 radical (unpaired) electrons. The molecule has 0 aromatic carbocycles. The highest BCUT2D eigenvalue weighted by molar-refractivity contribution is 5.84. The van der Waals surface area contributed by atoms with E-state index in [2.05, 4.69) is 22.9 Å². The first-order valence-electron chi connectivity index (χ1n) is 4.38. The van der Waals surface area contributed by atoms with Gasteiger partial charge in [-0.2, -0.15) is 0 Å². The second-order valence-corrected chi connectivity index (χ2v) is 3.32. The first kappa shape index (κ1) is 9.83. The van der Waals surface area contributed by atoms with Crippen molar-refractivity contribution in [3.8, 4) is 0 Å². The number of carbonyl (C=O) groups excluding carboxylic acids is 2. The molecule has 0 heterocycles. The maximum atomic E-state index is 11.1. The highest BCUT2D eigenvalue weighted by Gasteiger charge is 2.33. The minimum absolute atomic E-state index is 0.0445. The first-order chi connectivity index (χ1) is 6.13. The average Bonchev–Trinajstić information content (AvgIpc) is 2.77. The van der Waals surface area contributed by atoms with Crippen LogP contribution >= 0.6 is 0 Å². The number of carbonyl (C=O) groups is 2. The van der Waals surface area contributed by atoms with Crippen LogP contribution < -0.4 is 16.0 Å². The van der Waals surface area contributed by atoms with Gasteiger partial charge < -0.3 is 16.0 Å². The molecule has 0 aromatic heterocycles. The van der Waals surface area contributed by atoms with Gasteiger partial charge in [0.2, 0.25) is 5.91 Å². The minimum atomic E-state index is -0.334. The van der Waals surface area contributed by atoms with Crippen molar-refractivity contribution in [3.05, 3.63) is 0 Å². The van der Waals surface area contributed by atoms with Crippen LogP contribution in [0.3, 0.4) is 0 Å². The molecule has 5 nitrogen and oxygen atoms in total. The summed E-state index contributed by atoms with van der Waals surface area (Å²) in [6.45, 7) is 2.13. The predicted octanol–water partition coefficient (Wildman–Crippen LogP) is -0.560. The molecule has 0 bridgehead atoms. The van der Waals surface area contributed by atoms with Gasteiger partial charge in [0, 0.05) is 13.1 Å². The Morgan fingerprint density at radius 2 is 2.08 bits per heavy atom. The molecule has 0 saturated heterocycles. The maximum absolute atomic E-state index is 11.1. The van der Waals surface area contributed by atoms with Crippen molar-refractivity contribution in [2.45, 2.75) is 19.4 Å². The van der Waals surface area contributed by atoms with E-state index in [0.29, 0.717) is 12.0 Å². The Balaban J connectivity index is 2.07. The molecule has 3 N–H and O–H groups in total. The quantitative estimate of drug-likeness (QED) is 0.551. The van der Waals surface area contributed by atoms with Gasteiger partial charge in [0.25, 0.3) is 0 Å². The van der Waals surface area contributed by atoms with Crippen molar-refractivity contribution in [1.82, 2.24) is 16.0 Å². The summed E-state index contributed by atoms with van der Waals surface area (Å²) in [6, 6.07) is -0.0158. The molecule has 0 aromatic rings. The number of hydrogen-bond donors (Lipinski definition) is 3. The molecule has 2 atom stereocenters.